The van der Waals surface area contributed by atoms with Crippen LogP contribution < -0.4 is 9.47 Å². The second-order valence-corrected chi connectivity index (χ2v) is 9.19. The summed E-state index contributed by atoms with van der Waals surface area (Å²) in [7, 11) is 1.56. The number of aliphatic hydroxyl groups is 1. The van der Waals surface area contributed by atoms with E-state index in [0.29, 0.717) is 42.4 Å². The molecule has 0 saturated carbocycles. The highest BCUT2D eigenvalue weighted by molar-refractivity contribution is 6.46. The number of carbonyl (C=O) groups excluding carboxylic acids is 3. The summed E-state index contributed by atoms with van der Waals surface area (Å²) in [5.74, 6) is -0.916. The van der Waals surface area contributed by atoms with Gasteiger partial charge in [-0.25, -0.2) is 0 Å². The molecule has 1 amide bonds. The van der Waals surface area contributed by atoms with Crippen LogP contribution in [0.5, 0.6) is 11.5 Å². The van der Waals surface area contributed by atoms with Gasteiger partial charge < -0.3 is 24.2 Å². The van der Waals surface area contributed by atoms with Gasteiger partial charge >= 0.3 is 5.97 Å². The van der Waals surface area contributed by atoms with Crippen LogP contribution in [0, 0.1) is 12.8 Å². The fraction of sp³-hybridized carbons (Fsp3) is 0.393. The quantitative estimate of drug-likeness (QED) is 0.130. The zero-order chi connectivity index (χ0) is 26.4. The summed E-state index contributed by atoms with van der Waals surface area (Å²) in [5, 5.41) is 11.3. The van der Waals surface area contributed by atoms with E-state index in [9.17, 15) is 19.5 Å². The minimum absolute atomic E-state index is 0.0207. The van der Waals surface area contributed by atoms with Crippen LogP contribution in [0.25, 0.3) is 5.76 Å². The Morgan fingerprint density at radius 2 is 1.89 bits per heavy atom. The highest BCUT2D eigenvalue weighted by atomic mass is 16.5. The van der Waals surface area contributed by atoms with Crippen LogP contribution in [0.2, 0.25) is 0 Å². The Kier molecular flexibility index (Phi) is 8.88. The number of aryl methyl sites for hydroxylation is 1. The summed E-state index contributed by atoms with van der Waals surface area (Å²) in [6, 6.07) is 10.9. The van der Waals surface area contributed by atoms with Crippen LogP contribution in [-0.4, -0.2) is 54.5 Å². The first-order valence-corrected chi connectivity index (χ1v) is 11.9. The SMILES string of the molecule is COCCCN1C(=O)C(=O)/C(=C(/O)c2ccc(OCC(C)C)c(C)c2)C1c1cccc(OC(C)=O)c1. The van der Waals surface area contributed by atoms with Crippen LogP contribution in [-0.2, 0) is 19.1 Å². The third kappa shape index (κ3) is 6.12. The van der Waals surface area contributed by atoms with E-state index in [-0.39, 0.29) is 23.6 Å². The molecule has 1 heterocycles. The molecule has 0 bridgehead atoms. The second kappa shape index (κ2) is 11.9. The Balaban J connectivity index is 2.08. The topological polar surface area (TPSA) is 102 Å². The van der Waals surface area contributed by atoms with E-state index >= 15 is 0 Å². The van der Waals surface area contributed by atoms with Crippen molar-refractivity contribution in [2.24, 2.45) is 5.92 Å². The van der Waals surface area contributed by atoms with E-state index in [1.165, 1.54) is 11.8 Å². The average molecular weight is 496 g/mol. The molecular weight excluding hydrogens is 462 g/mol. The first kappa shape index (κ1) is 26.9. The number of methoxy groups -OCH3 is 1. The molecule has 1 aliphatic heterocycles. The predicted molar refractivity (Wildman–Crippen MR) is 135 cm³/mol. The zero-order valence-corrected chi connectivity index (χ0v) is 21.4. The van der Waals surface area contributed by atoms with Gasteiger partial charge in [-0.15, -0.1) is 0 Å². The molecule has 1 fully saturated rings. The fourth-order valence-electron chi connectivity index (χ4n) is 4.12. The van der Waals surface area contributed by atoms with Crippen LogP contribution in [0.3, 0.4) is 0 Å². The van der Waals surface area contributed by atoms with Crippen molar-refractivity contribution >= 4 is 23.4 Å². The molecule has 0 aromatic heterocycles. The number of Topliss-reactive ketones (excluding diaryl/α,β-unsaturated/α-hetero) is 1. The monoisotopic (exact) mass is 495 g/mol. The number of esters is 1. The molecule has 1 atom stereocenters. The fourth-order valence-corrected chi connectivity index (χ4v) is 4.12. The van der Waals surface area contributed by atoms with Crippen LogP contribution in [0.15, 0.2) is 48.0 Å². The van der Waals surface area contributed by atoms with Gasteiger partial charge in [-0.2, -0.15) is 0 Å². The summed E-state index contributed by atoms with van der Waals surface area (Å²) < 4.78 is 16.2. The number of ketones is 1. The van der Waals surface area contributed by atoms with E-state index in [1.807, 2.05) is 6.92 Å². The molecule has 8 heteroatoms. The molecule has 192 valence electrons. The number of amides is 1. The maximum atomic E-state index is 13.2. The number of nitrogens with zero attached hydrogens (tertiary/aromatic N) is 1. The second-order valence-electron chi connectivity index (χ2n) is 9.19. The van der Waals surface area contributed by atoms with Gasteiger partial charge in [0, 0.05) is 32.7 Å². The number of carbonyl (C=O) groups is 3. The summed E-state index contributed by atoms with van der Waals surface area (Å²) in [6.07, 6.45) is 0.505. The van der Waals surface area contributed by atoms with Crippen molar-refractivity contribution in [3.8, 4) is 11.5 Å². The van der Waals surface area contributed by atoms with Gasteiger partial charge in [-0.1, -0.05) is 26.0 Å². The van der Waals surface area contributed by atoms with Gasteiger partial charge in [0.1, 0.15) is 17.3 Å². The highest BCUT2D eigenvalue weighted by Gasteiger charge is 2.46. The Labute approximate surface area is 211 Å². The average Bonchev–Trinajstić information content (AvgIpc) is 3.07. The van der Waals surface area contributed by atoms with E-state index in [4.69, 9.17) is 14.2 Å². The van der Waals surface area contributed by atoms with Crippen molar-refractivity contribution in [1.82, 2.24) is 4.90 Å². The number of aliphatic hydroxyl groups excluding tert-OH is 1. The Morgan fingerprint density at radius 3 is 2.53 bits per heavy atom. The number of ether oxygens (including phenoxy) is 3. The van der Waals surface area contributed by atoms with E-state index in [2.05, 4.69) is 13.8 Å². The van der Waals surface area contributed by atoms with Crippen LogP contribution in [0.4, 0.5) is 0 Å². The smallest absolute Gasteiger partial charge is 0.308 e. The molecule has 0 radical (unpaired) electrons. The first-order valence-electron chi connectivity index (χ1n) is 11.9. The molecule has 1 N–H and O–H groups in total. The standard InChI is InChI=1S/C28H33NO7/c1-17(2)16-35-23-11-10-21(14-18(23)3)26(31)24-25(20-8-6-9-22(15-20)36-19(4)30)29(12-7-13-34-5)28(33)27(24)32/h6,8-11,14-15,17,25,31H,7,12-13,16H2,1-5H3/b26-24+. The van der Waals surface area contributed by atoms with Crippen molar-refractivity contribution < 1.29 is 33.7 Å². The van der Waals surface area contributed by atoms with Crippen LogP contribution >= 0.6 is 0 Å². The lowest BCUT2D eigenvalue weighted by Gasteiger charge is -2.25. The Hall–Kier alpha value is -3.65. The van der Waals surface area contributed by atoms with Gasteiger partial charge in [0.25, 0.3) is 11.7 Å². The molecule has 0 aliphatic carbocycles. The number of hydrogen-bond donors (Lipinski definition) is 1. The summed E-state index contributed by atoms with van der Waals surface area (Å²) in [5.41, 5.74) is 1.72. The molecule has 1 saturated heterocycles. The lowest BCUT2D eigenvalue weighted by molar-refractivity contribution is -0.140. The van der Waals surface area contributed by atoms with Crippen molar-refractivity contribution in [3.63, 3.8) is 0 Å². The summed E-state index contributed by atoms with van der Waals surface area (Å²) >= 11 is 0. The predicted octanol–water partition coefficient (Wildman–Crippen LogP) is 4.41. The zero-order valence-electron chi connectivity index (χ0n) is 21.4. The van der Waals surface area contributed by atoms with Crippen LogP contribution in [0.1, 0.15) is 49.9 Å². The molecule has 3 rings (SSSR count). The molecule has 2 aromatic rings. The summed E-state index contributed by atoms with van der Waals surface area (Å²) in [4.78, 5) is 39.1. The number of rotatable bonds is 10. The lowest BCUT2D eigenvalue weighted by atomic mass is 9.94. The van der Waals surface area contributed by atoms with Gasteiger partial charge in [-0.05, 0) is 60.7 Å². The largest absolute Gasteiger partial charge is 0.507 e. The number of hydrogen-bond acceptors (Lipinski definition) is 7. The van der Waals surface area contributed by atoms with Gasteiger partial charge in [-0.3, -0.25) is 14.4 Å². The van der Waals surface area contributed by atoms with E-state index in [0.717, 1.165) is 5.56 Å². The van der Waals surface area contributed by atoms with Crippen molar-refractivity contribution in [3.05, 3.63) is 64.7 Å². The number of benzene rings is 2. The van der Waals surface area contributed by atoms with Crippen molar-refractivity contribution in [2.75, 3.05) is 26.9 Å². The number of likely N-dealkylation sites (tertiary alicyclic amines) is 1. The summed E-state index contributed by atoms with van der Waals surface area (Å²) in [6.45, 7) is 8.46. The highest BCUT2D eigenvalue weighted by Crippen LogP contribution is 2.40. The molecule has 36 heavy (non-hydrogen) atoms. The Bertz CT molecular complexity index is 1170. The van der Waals surface area contributed by atoms with Gasteiger partial charge in [0.2, 0.25) is 0 Å². The lowest BCUT2D eigenvalue weighted by Crippen LogP contribution is -2.31. The minimum atomic E-state index is -0.852. The van der Waals surface area contributed by atoms with Gasteiger partial charge in [0.05, 0.1) is 18.2 Å². The Morgan fingerprint density at radius 1 is 1.14 bits per heavy atom. The maximum absolute atomic E-state index is 13.2. The van der Waals surface area contributed by atoms with E-state index in [1.54, 1.807) is 49.6 Å². The first-order chi connectivity index (χ1) is 17.1. The third-order valence-electron chi connectivity index (χ3n) is 5.74. The maximum Gasteiger partial charge on any atom is 0.308 e. The molecule has 2 aromatic carbocycles. The van der Waals surface area contributed by atoms with Gasteiger partial charge in [0.15, 0.2) is 0 Å². The molecule has 1 aliphatic rings. The van der Waals surface area contributed by atoms with E-state index < -0.39 is 23.7 Å². The van der Waals surface area contributed by atoms with Crippen molar-refractivity contribution in [2.45, 2.75) is 40.2 Å². The molecule has 0 spiro atoms. The third-order valence-corrected chi connectivity index (χ3v) is 5.74. The molecule has 1 unspecified atom stereocenters. The molecular formula is C28H33NO7. The minimum Gasteiger partial charge on any atom is -0.507 e. The van der Waals surface area contributed by atoms with Crippen molar-refractivity contribution in [1.29, 1.82) is 0 Å². The normalized spacial score (nSPS) is 17.1. The molecule has 8 nitrogen and oxygen atoms in total.